The van der Waals surface area contributed by atoms with Gasteiger partial charge in [0.25, 0.3) is 0 Å². The summed E-state index contributed by atoms with van der Waals surface area (Å²) in [5.74, 6) is 0. The molecule has 0 saturated carbocycles. The van der Waals surface area contributed by atoms with Crippen molar-refractivity contribution in [1.82, 2.24) is 20.2 Å². The van der Waals surface area contributed by atoms with Crippen molar-refractivity contribution in [2.45, 2.75) is 26.9 Å². The van der Waals surface area contributed by atoms with Gasteiger partial charge in [0, 0.05) is 37.6 Å². The molecule has 2 aromatic heterocycles. The molecular formula is C17H24N4. The number of rotatable bonds is 7. The molecule has 0 amide bonds. The van der Waals surface area contributed by atoms with Crippen molar-refractivity contribution in [3.05, 3.63) is 59.2 Å². The molecule has 0 aliphatic carbocycles. The predicted molar refractivity (Wildman–Crippen MR) is 86.0 cm³/mol. The molecule has 4 heteroatoms. The summed E-state index contributed by atoms with van der Waals surface area (Å²) in [5, 5.41) is 3.43. The number of aryl methyl sites for hydroxylation is 2. The Morgan fingerprint density at radius 3 is 2.24 bits per heavy atom. The van der Waals surface area contributed by atoms with Crippen molar-refractivity contribution in [2.24, 2.45) is 0 Å². The molecule has 2 heterocycles. The van der Waals surface area contributed by atoms with Crippen LogP contribution in [0.5, 0.6) is 0 Å². The van der Waals surface area contributed by atoms with Crippen LogP contribution in [0.2, 0.25) is 0 Å². The van der Waals surface area contributed by atoms with Gasteiger partial charge < -0.3 is 5.32 Å². The summed E-state index contributed by atoms with van der Waals surface area (Å²) in [6, 6.07) is 12.3. The van der Waals surface area contributed by atoms with Gasteiger partial charge in [-0.25, -0.2) is 0 Å². The number of pyridine rings is 2. The van der Waals surface area contributed by atoms with E-state index in [1.165, 1.54) is 0 Å². The van der Waals surface area contributed by atoms with Gasteiger partial charge in [0.15, 0.2) is 0 Å². The van der Waals surface area contributed by atoms with E-state index in [9.17, 15) is 0 Å². The van der Waals surface area contributed by atoms with Crippen LogP contribution in [0.4, 0.5) is 0 Å². The van der Waals surface area contributed by atoms with E-state index in [0.717, 1.165) is 49.0 Å². The number of hydrogen-bond donors (Lipinski definition) is 1. The molecule has 0 aromatic carbocycles. The third kappa shape index (κ3) is 5.61. The van der Waals surface area contributed by atoms with Crippen molar-refractivity contribution in [3.8, 4) is 0 Å². The Morgan fingerprint density at radius 2 is 1.57 bits per heavy atom. The van der Waals surface area contributed by atoms with Gasteiger partial charge in [0.2, 0.25) is 0 Å². The summed E-state index contributed by atoms with van der Waals surface area (Å²) in [4.78, 5) is 11.3. The third-order valence-electron chi connectivity index (χ3n) is 3.30. The molecule has 112 valence electrons. The molecule has 0 spiro atoms. The topological polar surface area (TPSA) is 41.0 Å². The maximum Gasteiger partial charge on any atom is 0.0547 e. The monoisotopic (exact) mass is 284 g/mol. The second-order valence-electron chi connectivity index (χ2n) is 5.46. The molecule has 0 fully saturated rings. The molecule has 0 bridgehead atoms. The molecule has 4 nitrogen and oxygen atoms in total. The van der Waals surface area contributed by atoms with Crippen molar-refractivity contribution < 1.29 is 0 Å². The smallest absolute Gasteiger partial charge is 0.0547 e. The summed E-state index contributed by atoms with van der Waals surface area (Å²) in [6.07, 6.45) is 0. The zero-order chi connectivity index (χ0) is 15.1. The fourth-order valence-corrected chi connectivity index (χ4v) is 2.23. The van der Waals surface area contributed by atoms with Crippen molar-refractivity contribution in [1.29, 1.82) is 0 Å². The van der Waals surface area contributed by atoms with Crippen LogP contribution in [0.1, 0.15) is 22.8 Å². The van der Waals surface area contributed by atoms with Crippen LogP contribution in [-0.4, -0.2) is 35.0 Å². The first-order valence-electron chi connectivity index (χ1n) is 7.38. The van der Waals surface area contributed by atoms with E-state index >= 15 is 0 Å². The quantitative estimate of drug-likeness (QED) is 0.792. The van der Waals surface area contributed by atoms with Gasteiger partial charge in [-0.05, 0) is 45.2 Å². The molecule has 21 heavy (non-hydrogen) atoms. The highest BCUT2D eigenvalue weighted by atomic mass is 15.1. The second-order valence-corrected chi connectivity index (χ2v) is 5.46. The zero-order valence-electron chi connectivity index (χ0n) is 13.1. The lowest BCUT2D eigenvalue weighted by Crippen LogP contribution is -2.29. The van der Waals surface area contributed by atoms with Gasteiger partial charge >= 0.3 is 0 Å². The lowest BCUT2D eigenvalue weighted by molar-refractivity contribution is 0.320. The first-order valence-corrected chi connectivity index (χ1v) is 7.38. The summed E-state index contributed by atoms with van der Waals surface area (Å²) in [5.41, 5.74) is 4.36. The van der Waals surface area contributed by atoms with Gasteiger partial charge in [-0.2, -0.15) is 0 Å². The summed E-state index contributed by atoms with van der Waals surface area (Å²) in [7, 11) is 2.12. The number of hydrogen-bond acceptors (Lipinski definition) is 4. The Hall–Kier alpha value is -1.78. The molecule has 2 rings (SSSR count). The highest BCUT2D eigenvalue weighted by molar-refractivity contribution is 5.10. The van der Waals surface area contributed by atoms with Crippen molar-refractivity contribution in [2.75, 3.05) is 20.1 Å². The number of aromatic nitrogens is 2. The van der Waals surface area contributed by atoms with Gasteiger partial charge in [0.1, 0.15) is 0 Å². The van der Waals surface area contributed by atoms with Crippen LogP contribution in [0.15, 0.2) is 36.4 Å². The van der Waals surface area contributed by atoms with Crippen LogP contribution < -0.4 is 5.32 Å². The molecular weight excluding hydrogens is 260 g/mol. The highest BCUT2D eigenvalue weighted by Crippen LogP contribution is 2.01. The van der Waals surface area contributed by atoms with E-state index in [1.54, 1.807) is 0 Å². The van der Waals surface area contributed by atoms with E-state index in [1.807, 2.05) is 26.0 Å². The number of nitrogens with zero attached hydrogens (tertiary/aromatic N) is 3. The Balaban J connectivity index is 1.68. The second kappa shape index (κ2) is 7.86. The van der Waals surface area contributed by atoms with E-state index in [2.05, 4.69) is 51.5 Å². The number of nitrogens with one attached hydrogen (secondary N) is 1. The van der Waals surface area contributed by atoms with Crippen LogP contribution in [-0.2, 0) is 13.1 Å². The summed E-state index contributed by atoms with van der Waals surface area (Å²) < 4.78 is 0. The Morgan fingerprint density at radius 1 is 0.952 bits per heavy atom. The van der Waals surface area contributed by atoms with E-state index in [-0.39, 0.29) is 0 Å². The molecule has 0 atom stereocenters. The van der Waals surface area contributed by atoms with E-state index in [4.69, 9.17) is 0 Å². The highest BCUT2D eigenvalue weighted by Gasteiger charge is 2.02. The normalized spacial score (nSPS) is 11.0. The molecule has 0 aliphatic heterocycles. The first-order chi connectivity index (χ1) is 10.1. The molecule has 0 radical (unpaired) electrons. The minimum Gasteiger partial charge on any atom is -0.310 e. The molecule has 2 aromatic rings. The van der Waals surface area contributed by atoms with Crippen LogP contribution in [0.3, 0.4) is 0 Å². The zero-order valence-corrected chi connectivity index (χ0v) is 13.1. The number of likely N-dealkylation sites (N-methyl/N-ethyl adjacent to an activating group) is 1. The first kappa shape index (κ1) is 15.6. The minimum atomic E-state index is 0.818. The summed E-state index contributed by atoms with van der Waals surface area (Å²) >= 11 is 0. The van der Waals surface area contributed by atoms with Gasteiger partial charge in [-0.15, -0.1) is 0 Å². The largest absolute Gasteiger partial charge is 0.310 e. The Kier molecular flexibility index (Phi) is 5.84. The maximum atomic E-state index is 4.53. The van der Waals surface area contributed by atoms with Crippen LogP contribution >= 0.6 is 0 Å². The average Bonchev–Trinajstić information content (AvgIpc) is 2.44. The summed E-state index contributed by atoms with van der Waals surface area (Å²) in [6.45, 7) is 7.68. The predicted octanol–water partition coefficient (Wildman–Crippen LogP) is 2.32. The van der Waals surface area contributed by atoms with Crippen molar-refractivity contribution in [3.63, 3.8) is 0 Å². The van der Waals surface area contributed by atoms with E-state index < -0.39 is 0 Å². The van der Waals surface area contributed by atoms with Crippen LogP contribution in [0, 0.1) is 13.8 Å². The molecule has 0 aliphatic rings. The minimum absolute atomic E-state index is 0.818. The maximum absolute atomic E-state index is 4.53. The van der Waals surface area contributed by atoms with Gasteiger partial charge in [-0.1, -0.05) is 12.1 Å². The van der Waals surface area contributed by atoms with Crippen LogP contribution in [0.25, 0.3) is 0 Å². The molecule has 0 unspecified atom stereocenters. The lowest BCUT2D eigenvalue weighted by atomic mass is 10.3. The Labute approximate surface area is 127 Å². The van der Waals surface area contributed by atoms with E-state index in [0.29, 0.717) is 0 Å². The third-order valence-corrected chi connectivity index (χ3v) is 3.30. The fraction of sp³-hybridized carbons (Fsp3) is 0.412. The van der Waals surface area contributed by atoms with Crippen molar-refractivity contribution >= 4 is 0 Å². The standard InChI is InChI=1S/C17H24N4/c1-14-6-4-8-16(19-14)12-18-10-11-21(3)13-17-9-5-7-15(2)20-17/h4-9,18H,10-13H2,1-3H3. The van der Waals surface area contributed by atoms with Gasteiger partial charge in [-0.3, -0.25) is 14.9 Å². The fourth-order valence-electron chi connectivity index (χ4n) is 2.23. The molecule has 1 N–H and O–H groups in total. The molecule has 0 saturated heterocycles. The van der Waals surface area contributed by atoms with Gasteiger partial charge in [0.05, 0.1) is 11.4 Å². The lowest BCUT2D eigenvalue weighted by Gasteiger charge is -2.16. The average molecular weight is 284 g/mol. The SMILES string of the molecule is Cc1cccc(CNCCN(C)Cc2cccc(C)n2)n1. The Bertz CT molecular complexity index is 568.